The van der Waals surface area contributed by atoms with Crippen molar-refractivity contribution in [2.75, 3.05) is 35.2 Å². The summed E-state index contributed by atoms with van der Waals surface area (Å²) >= 11 is 0. The highest BCUT2D eigenvalue weighted by Gasteiger charge is 2.09. The fourth-order valence-electron chi connectivity index (χ4n) is 2.79. The molecule has 0 radical (unpaired) electrons. The molecule has 0 fully saturated rings. The van der Waals surface area contributed by atoms with E-state index in [4.69, 9.17) is 11.5 Å². The van der Waals surface area contributed by atoms with Gasteiger partial charge in [0.25, 0.3) is 0 Å². The summed E-state index contributed by atoms with van der Waals surface area (Å²) in [7, 11) is 0. The predicted molar refractivity (Wildman–Crippen MR) is 109 cm³/mol. The summed E-state index contributed by atoms with van der Waals surface area (Å²) in [5, 5.41) is 6.21. The van der Waals surface area contributed by atoms with E-state index in [9.17, 15) is 4.39 Å². The van der Waals surface area contributed by atoms with Crippen LogP contribution in [0.2, 0.25) is 0 Å². The molecule has 0 aliphatic heterocycles. The summed E-state index contributed by atoms with van der Waals surface area (Å²) in [6.45, 7) is 5.15. The van der Waals surface area contributed by atoms with Crippen molar-refractivity contribution in [1.29, 1.82) is 0 Å². The molecule has 0 bridgehead atoms. The molecule has 0 amide bonds. The van der Waals surface area contributed by atoms with Gasteiger partial charge in [0, 0.05) is 30.4 Å². The van der Waals surface area contributed by atoms with Crippen molar-refractivity contribution in [1.82, 2.24) is 9.97 Å². The Balaban J connectivity index is 1.67. The van der Waals surface area contributed by atoms with Crippen LogP contribution in [0.4, 0.5) is 27.5 Å². The lowest BCUT2D eigenvalue weighted by Gasteiger charge is -2.12. The number of aromatic nitrogens is 2. The van der Waals surface area contributed by atoms with Gasteiger partial charge in [-0.25, -0.2) is 9.37 Å². The maximum atomic E-state index is 13.8. The smallest absolute Gasteiger partial charge is 0.222 e. The van der Waals surface area contributed by atoms with Gasteiger partial charge in [-0.1, -0.05) is 18.2 Å². The number of anilines is 4. The Morgan fingerprint density at radius 2 is 1.74 bits per heavy atom. The molecule has 0 atom stereocenters. The highest BCUT2D eigenvalue weighted by molar-refractivity contribution is 5.68. The van der Waals surface area contributed by atoms with E-state index in [0.717, 1.165) is 16.8 Å². The Labute approximate surface area is 157 Å². The lowest BCUT2D eigenvalue weighted by molar-refractivity contribution is 0.631. The molecule has 6 nitrogen and oxygen atoms in total. The fraction of sp³-hybridized carbons (Fsp3) is 0.200. The number of nitrogens with two attached hydrogens (primary N) is 2. The Morgan fingerprint density at radius 3 is 2.52 bits per heavy atom. The van der Waals surface area contributed by atoms with Crippen molar-refractivity contribution in [3.8, 4) is 11.3 Å². The van der Waals surface area contributed by atoms with Crippen molar-refractivity contribution in [2.45, 2.75) is 13.8 Å². The molecule has 0 aliphatic rings. The molecule has 6 N–H and O–H groups in total. The first-order chi connectivity index (χ1) is 12.9. The van der Waals surface area contributed by atoms with Gasteiger partial charge in [-0.2, -0.15) is 4.98 Å². The van der Waals surface area contributed by atoms with E-state index in [1.807, 2.05) is 18.2 Å². The van der Waals surface area contributed by atoms with E-state index in [2.05, 4.69) is 40.5 Å². The van der Waals surface area contributed by atoms with Crippen LogP contribution in [0.25, 0.3) is 11.3 Å². The highest BCUT2D eigenvalue weighted by Crippen LogP contribution is 2.26. The summed E-state index contributed by atoms with van der Waals surface area (Å²) in [6.07, 6.45) is 0. The van der Waals surface area contributed by atoms with E-state index in [0.29, 0.717) is 30.3 Å². The summed E-state index contributed by atoms with van der Waals surface area (Å²) in [5.41, 5.74) is 16.4. The number of nitrogens with zero attached hydrogens (tertiary/aromatic N) is 2. The minimum Gasteiger partial charge on any atom is -0.399 e. The zero-order valence-corrected chi connectivity index (χ0v) is 15.4. The van der Waals surface area contributed by atoms with E-state index in [-0.39, 0.29) is 11.8 Å². The molecule has 0 unspecified atom stereocenters. The van der Waals surface area contributed by atoms with Crippen molar-refractivity contribution in [3.63, 3.8) is 0 Å². The Hall–Kier alpha value is -3.35. The second-order valence-electron chi connectivity index (χ2n) is 6.34. The third-order valence-electron chi connectivity index (χ3n) is 4.36. The lowest BCUT2D eigenvalue weighted by atomic mass is 10.0. The van der Waals surface area contributed by atoms with Crippen LogP contribution >= 0.6 is 0 Å². The van der Waals surface area contributed by atoms with Gasteiger partial charge >= 0.3 is 0 Å². The van der Waals surface area contributed by atoms with Crippen LogP contribution in [0.15, 0.2) is 42.5 Å². The molecular weight excluding hydrogens is 343 g/mol. The molecule has 0 spiro atoms. The SMILES string of the molecule is Cc1cccc(-c2cc(NCCNc3ccc(N)cc3F)nc(N)n2)c1C. The van der Waals surface area contributed by atoms with E-state index in [1.54, 1.807) is 12.1 Å². The lowest BCUT2D eigenvalue weighted by Crippen LogP contribution is -2.15. The van der Waals surface area contributed by atoms with Gasteiger partial charge in [0.1, 0.15) is 11.6 Å². The van der Waals surface area contributed by atoms with Crippen LogP contribution in [0.3, 0.4) is 0 Å². The summed E-state index contributed by atoms with van der Waals surface area (Å²) in [6, 6.07) is 12.5. The largest absolute Gasteiger partial charge is 0.399 e. The number of aryl methyl sites for hydroxylation is 1. The first-order valence-electron chi connectivity index (χ1n) is 8.68. The van der Waals surface area contributed by atoms with Gasteiger partial charge in [-0.15, -0.1) is 0 Å². The fourth-order valence-corrected chi connectivity index (χ4v) is 2.79. The van der Waals surface area contributed by atoms with Crippen LogP contribution < -0.4 is 22.1 Å². The standard InChI is InChI=1S/C20H23FN6/c1-12-4-3-5-15(13(12)2)18-11-19(27-20(23)26-18)25-9-8-24-17-7-6-14(22)10-16(17)21/h3-7,10-11,24H,8-9,22H2,1-2H3,(H3,23,25,26,27). The number of rotatable bonds is 6. The van der Waals surface area contributed by atoms with Crippen molar-refractivity contribution >= 4 is 23.1 Å². The van der Waals surface area contributed by atoms with Crippen molar-refractivity contribution in [2.24, 2.45) is 0 Å². The third-order valence-corrected chi connectivity index (χ3v) is 4.36. The van der Waals surface area contributed by atoms with Crippen LogP contribution in [0, 0.1) is 19.7 Å². The summed E-state index contributed by atoms with van der Waals surface area (Å²) in [4.78, 5) is 8.57. The van der Waals surface area contributed by atoms with Crippen LogP contribution in [0.5, 0.6) is 0 Å². The predicted octanol–water partition coefficient (Wildman–Crippen LogP) is 3.59. The first kappa shape index (κ1) is 18.4. The van der Waals surface area contributed by atoms with E-state index in [1.165, 1.54) is 11.6 Å². The second-order valence-corrected chi connectivity index (χ2v) is 6.34. The number of hydrogen-bond donors (Lipinski definition) is 4. The van der Waals surface area contributed by atoms with Crippen molar-refractivity contribution < 1.29 is 4.39 Å². The number of halogens is 1. The first-order valence-corrected chi connectivity index (χ1v) is 8.68. The topological polar surface area (TPSA) is 102 Å². The van der Waals surface area contributed by atoms with Gasteiger partial charge in [-0.05, 0) is 43.2 Å². The maximum absolute atomic E-state index is 13.8. The van der Waals surface area contributed by atoms with Gasteiger partial charge < -0.3 is 22.1 Å². The van der Waals surface area contributed by atoms with Crippen molar-refractivity contribution in [3.05, 3.63) is 59.4 Å². The highest BCUT2D eigenvalue weighted by atomic mass is 19.1. The molecule has 0 saturated carbocycles. The zero-order chi connectivity index (χ0) is 19.4. The summed E-state index contributed by atoms with van der Waals surface area (Å²) in [5.74, 6) is 0.449. The Morgan fingerprint density at radius 1 is 0.963 bits per heavy atom. The molecule has 0 aliphatic carbocycles. The zero-order valence-electron chi connectivity index (χ0n) is 15.4. The molecule has 1 aromatic heterocycles. The Kier molecular flexibility index (Phi) is 5.40. The molecule has 27 heavy (non-hydrogen) atoms. The maximum Gasteiger partial charge on any atom is 0.222 e. The quantitative estimate of drug-likeness (QED) is 0.393. The molecule has 140 valence electrons. The molecule has 3 rings (SSSR count). The normalized spacial score (nSPS) is 10.6. The number of nitrogen functional groups attached to an aromatic ring is 2. The van der Waals surface area contributed by atoms with Crippen LogP contribution in [-0.2, 0) is 0 Å². The van der Waals surface area contributed by atoms with Gasteiger partial charge in [0.05, 0.1) is 11.4 Å². The van der Waals surface area contributed by atoms with Crippen LogP contribution in [-0.4, -0.2) is 23.1 Å². The number of hydrogen-bond acceptors (Lipinski definition) is 6. The van der Waals surface area contributed by atoms with Gasteiger partial charge in [0.2, 0.25) is 5.95 Å². The monoisotopic (exact) mass is 366 g/mol. The third kappa shape index (κ3) is 4.44. The second kappa shape index (κ2) is 7.90. The minimum atomic E-state index is -0.376. The molecular formula is C20H23FN6. The average Bonchev–Trinajstić information content (AvgIpc) is 2.62. The molecule has 3 aromatic rings. The van der Waals surface area contributed by atoms with E-state index >= 15 is 0 Å². The van der Waals surface area contributed by atoms with Crippen LogP contribution in [0.1, 0.15) is 11.1 Å². The summed E-state index contributed by atoms with van der Waals surface area (Å²) < 4.78 is 13.8. The number of nitrogens with one attached hydrogen (secondary N) is 2. The molecule has 2 aromatic carbocycles. The molecule has 7 heteroatoms. The van der Waals surface area contributed by atoms with E-state index < -0.39 is 0 Å². The average molecular weight is 366 g/mol. The Bertz CT molecular complexity index is 957. The minimum absolute atomic E-state index is 0.202. The molecule has 1 heterocycles. The molecule has 0 saturated heterocycles. The van der Waals surface area contributed by atoms with Gasteiger partial charge in [0.15, 0.2) is 0 Å². The number of benzene rings is 2. The van der Waals surface area contributed by atoms with Gasteiger partial charge in [-0.3, -0.25) is 0 Å².